The molecule has 1 aliphatic heterocycles. The Morgan fingerprint density at radius 3 is 2.19 bits per heavy atom. The van der Waals surface area contributed by atoms with Crippen LogP contribution < -0.4 is 14.4 Å². The molecule has 1 unspecified atom stereocenters. The molecule has 1 N–H and O–H groups in total. The van der Waals surface area contributed by atoms with Gasteiger partial charge in [0.05, 0.1) is 6.61 Å². The first-order valence-corrected chi connectivity index (χ1v) is 9.30. The van der Waals surface area contributed by atoms with Gasteiger partial charge in [-0.1, -0.05) is 18.2 Å². The lowest BCUT2D eigenvalue weighted by Crippen LogP contribution is -2.49. The van der Waals surface area contributed by atoms with E-state index in [1.165, 1.54) is 5.69 Å². The normalized spacial score (nSPS) is 16.3. The number of para-hydroxylation sites is 1. The molecule has 140 valence electrons. The van der Waals surface area contributed by atoms with Crippen molar-refractivity contribution in [1.29, 1.82) is 0 Å². The Bertz CT molecular complexity index is 640. The predicted octanol–water partition coefficient (Wildman–Crippen LogP) is 2.65. The van der Waals surface area contributed by atoms with E-state index in [-0.39, 0.29) is 0 Å². The third-order valence-corrected chi connectivity index (χ3v) is 4.54. The van der Waals surface area contributed by atoms with Crippen LogP contribution in [0.25, 0.3) is 0 Å². The predicted molar refractivity (Wildman–Crippen MR) is 104 cm³/mol. The van der Waals surface area contributed by atoms with Crippen LogP contribution >= 0.6 is 0 Å². The van der Waals surface area contributed by atoms with Crippen LogP contribution in [0.4, 0.5) is 5.69 Å². The first kappa shape index (κ1) is 18.5. The summed E-state index contributed by atoms with van der Waals surface area (Å²) in [4.78, 5) is 4.67. The molecule has 0 amide bonds. The summed E-state index contributed by atoms with van der Waals surface area (Å²) in [7, 11) is 0. The van der Waals surface area contributed by atoms with Gasteiger partial charge in [-0.25, -0.2) is 0 Å². The van der Waals surface area contributed by atoms with Crippen LogP contribution in [0.15, 0.2) is 54.6 Å². The summed E-state index contributed by atoms with van der Waals surface area (Å²) in [6, 6.07) is 17.9. The lowest BCUT2D eigenvalue weighted by molar-refractivity contribution is 0.0663. The number of hydrogen-bond acceptors (Lipinski definition) is 5. The Kier molecular flexibility index (Phi) is 6.75. The molecule has 0 bridgehead atoms. The Labute approximate surface area is 155 Å². The molecule has 5 heteroatoms. The highest BCUT2D eigenvalue weighted by Crippen LogP contribution is 2.21. The topological polar surface area (TPSA) is 45.2 Å². The van der Waals surface area contributed by atoms with Gasteiger partial charge < -0.3 is 19.5 Å². The fourth-order valence-corrected chi connectivity index (χ4v) is 3.17. The van der Waals surface area contributed by atoms with Crippen molar-refractivity contribution in [1.82, 2.24) is 4.90 Å². The smallest absolute Gasteiger partial charge is 0.119 e. The van der Waals surface area contributed by atoms with E-state index in [2.05, 4.69) is 21.9 Å². The maximum absolute atomic E-state index is 10.2. The molecular formula is C21H28N2O3. The lowest BCUT2D eigenvalue weighted by Gasteiger charge is -2.36. The van der Waals surface area contributed by atoms with Crippen LogP contribution in [0, 0.1) is 0 Å². The second kappa shape index (κ2) is 9.46. The largest absolute Gasteiger partial charge is 0.494 e. The van der Waals surface area contributed by atoms with Gasteiger partial charge in [-0.05, 0) is 43.3 Å². The molecule has 5 nitrogen and oxygen atoms in total. The number of benzene rings is 2. The second-order valence-electron chi connectivity index (χ2n) is 6.49. The third-order valence-electron chi connectivity index (χ3n) is 4.54. The molecule has 26 heavy (non-hydrogen) atoms. The number of β-amino-alcohol motifs (C(OH)–C–C–N with tert-alkyl or cyclic N) is 1. The summed E-state index contributed by atoms with van der Waals surface area (Å²) < 4.78 is 11.1. The Balaban J connectivity index is 1.40. The molecular weight excluding hydrogens is 328 g/mol. The lowest BCUT2D eigenvalue weighted by atomic mass is 10.2. The van der Waals surface area contributed by atoms with Crippen molar-refractivity contribution in [2.24, 2.45) is 0 Å². The summed E-state index contributed by atoms with van der Waals surface area (Å²) in [5.41, 5.74) is 1.22. The van der Waals surface area contributed by atoms with E-state index in [4.69, 9.17) is 9.47 Å². The summed E-state index contributed by atoms with van der Waals surface area (Å²) in [6.07, 6.45) is -0.479. The van der Waals surface area contributed by atoms with E-state index in [1.807, 2.05) is 49.4 Å². The molecule has 2 aromatic rings. The molecule has 1 aliphatic rings. The zero-order valence-corrected chi connectivity index (χ0v) is 15.4. The van der Waals surface area contributed by atoms with E-state index in [1.54, 1.807) is 0 Å². The number of rotatable bonds is 8. The fraction of sp³-hybridized carbons (Fsp3) is 0.429. The highest BCUT2D eigenvalue weighted by atomic mass is 16.5. The highest BCUT2D eigenvalue weighted by Gasteiger charge is 2.19. The van der Waals surface area contributed by atoms with Gasteiger partial charge in [0.15, 0.2) is 0 Å². The summed E-state index contributed by atoms with van der Waals surface area (Å²) in [5, 5.41) is 10.2. The molecule has 1 saturated heterocycles. The molecule has 1 heterocycles. The van der Waals surface area contributed by atoms with E-state index in [9.17, 15) is 5.11 Å². The number of piperazine rings is 1. The number of aliphatic hydroxyl groups is 1. The van der Waals surface area contributed by atoms with E-state index < -0.39 is 6.10 Å². The van der Waals surface area contributed by atoms with Gasteiger partial charge in [-0.2, -0.15) is 0 Å². The Hall–Kier alpha value is -2.24. The van der Waals surface area contributed by atoms with Crippen molar-refractivity contribution in [2.45, 2.75) is 13.0 Å². The molecule has 0 aromatic heterocycles. The van der Waals surface area contributed by atoms with Gasteiger partial charge >= 0.3 is 0 Å². The van der Waals surface area contributed by atoms with E-state index in [0.717, 1.165) is 37.7 Å². The van der Waals surface area contributed by atoms with Crippen LogP contribution in [0.3, 0.4) is 0 Å². The number of aliphatic hydroxyl groups excluding tert-OH is 1. The van der Waals surface area contributed by atoms with Crippen LogP contribution in [0.1, 0.15) is 6.92 Å². The summed E-state index contributed by atoms with van der Waals surface area (Å²) in [5.74, 6) is 1.71. The van der Waals surface area contributed by atoms with Crippen LogP contribution in [-0.4, -0.2) is 62.0 Å². The Morgan fingerprint density at radius 1 is 0.885 bits per heavy atom. The zero-order chi connectivity index (χ0) is 18.2. The van der Waals surface area contributed by atoms with Gasteiger partial charge in [0.2, 0.25) is 0 Å². The number of ether oxygens (including phenoxy) is 2. The first-order valence-electron chi connectivity index (χ1n) is 9.30. The molecule has 0 radical (unpaired) electrons. The van der Waals surface area contributed by atoms with Gasteiger partial charge in [0.1, 0.15) is 24.2 Å². The molecule has 2 aromatic carbocycles. The monoisotopic (exact) mass is 356 g/mol. The molecule has 1 atom stereocenters. The van der Waals surface area contributed by atoms with Gasteiger partial charge in [-0.3, -0.25) is 4.90 Å². The zero-order valence-electron chi connectivity index (χ0n) is 15.4. The number of anilines is 1. The third kappa shape index (κ3) is 5.38. The Morgan fingerprint density at radius 2 is 1.54 bits per heavy atom. The van der Waals surface area contributed by atoms with Crippen molar-refractivity contribution in [3.8, 4) is 11.5 Å². The second-order valence-corrected chi connectivity index (χ2v) is 6.49. The first-order chi connectivity index (χ1) is 12.7. The number of nitrogens with zero attached hydrogens (tertiary/aromatic N) is 2. The van der Waals surface area contributed by atoms with Crippen LogP contribution in [0.5, 0.6) is 11.5 Å². The molecule has 1 fully saturated rings. The maximum atomic E-state index is 10.2. The van der Waals surface area contributed by atoms with E-state index >= 15 is 0 Å². The van der Waals surface area contributed by atoms with Gasteiger partial charge in [0, 0.05) is 38.4 Å². The van der Waals surface area contributed by atoms with Crippen LogP contribution in [-0.2, 0) is 0 Å². The van der Waals surface area contributed by atoms with Gasteiger partial charge in [-0.15, -0.1) is 0 Å². The molecule has 0 saturated carbocycles. The summed E-state index contributed by atoms with van der Waals surface area (Å²) in [6.45, 7) is 7.44. The molecule has 3 rings (SSSR count). The minimum Gasteiger partial charge on any atom is -0.494 e. The molecule has 0 spiro atoms. The standard InChI is InChI=1S/C21H28N2O3/c1-2-25-21-10-8-18(9-11-21)23-14-12-22(13-15-23)16-19(24)17-26-20-6-4-3-5-7-20/h3-11,19,24H,2,12-17H2,1H3. The minimum atomic E-state index is -0.479. The van der Waals surface area contributed by atoms with Crippen molar-refractivity contribution in [3.63, 3.8) is 0 Å². The highest BCUT2D eigenvalue weighted by molar-refractivity contribution is 5.49. The molecule has 0 aliphatic carbocycles. The summed E-state index contributed by atoms with van der Waals surface area (Å²) >= 11 is 0. The quantitative estimate of drug-likeness (QED) is 0.788. The minimum absolute atomic E-state index is 0.323. The fourth-order valence-electron chi connectivity index (χ4n) is 3.17. The van der Waals surface area contributed by atoms with E-state index in [0.29, 0.717) is 19.8 Å². The van der Waals surface area contributed by atoms with Crippen molar-refractivity contribution < 1.29 is 14.6 Å². The number of hydrogen-bond donors (Lipinski definition) is 1. The average Bonchev–Trinajstić information content (AvgIpc) is 2.69. The van der Waals surface area contributed by atoms with Crippen LogP contribution in [0.2, 0.25) is 0 Å². The van der Waals surface area contributed by atoms with Crippen molar-refractivity contribution in [2.75, 3.05) is 50.8 Å². The maximum Gasteiger partial charge on any atom is 0.119 e. The SMILES string of the molecule is CCOc1ccc(N2CCN(CC(O)COc3ccccc3)CC2)cc1. The average molecular weight is 356 g/mol. The van der Waals surface area contributed by atoms with Crippen molar-refractivity contribution >= 4 is 5.69 Å². The van der Waals surface area contributed by atoms with Gasteiger partial charge in [0.25, 0.3) is 0 Å². The van der Waals surface area contributed by atoms with Crippen molar-refractivity contribution in [3.05, 3.63) is 54.6 Å².